The summed E-state index contributed by atoms with van der Waals surface area (Å²) in [6.07, 6.45) is 4.37. The van der Waals surface area contributed by atoms with Gasteiger partial charge in [0.2, 0.25) is 0 Å². The van der Waals surface area contributed by atoms with E-state index in [9.17, 15) is 0 Å². The molecule has 88 valence electrons. The molecule has 1 aromatic heterocycles. The molecule has 0 saturated carbocycles. The van der Waals surface area contributed by atoms with Gasteiger partial charge in [-0.2, -0.15) is 0 Å². The van der Waals surface area contributed by atoms with Gasteiger partial charge in [-0.1, -0.05) is 6.92 Å². The number of piperidine rings is 1. The third kappa shape index (κ3) is 3.19. The van der Waals surface area contributed by atoms with Crippen molar-refractivity contribution in [2.24, 2.45) is 5.41 Å². The van der Waals surface area contributed by atoms with E-state index in [0.29, 0.717) is 5.41 Å². The average Bonchev–Trinajstić information content (AvgIpc) is 2.29. The number of halogens is 1. The molecular formula is C12H18BrN3. The number of hydrogen-bond donors (Lipinski definition) is 2. The highest BCUT2D eigenvalue weighted by Gasteiger charge is 2.26. The van der Waals surface area contributed by atoms with Crippen molar-refractivity contribution in [2.75, 3.05) is 25.0 Å². The van der Waals surface area contributed by atoms with Gasteiger partial charge in [-0.15, -0.1) is 0 Å². The van der Waals surface area contributed by atoms with Crippen LogP contribution in [0.1, 0.15) is 19.8 Å². The normalized spacial score (nSPS) is 25.4. The van der Waals surface area contributed by atoms with E-state index >= 15 is 0 Å². The average molecular weight is 284 g/mol. The summed E-state index contributed by atoms with van der Waals surface area (Å²) in [5, 5.41) is 6.86. The van der Waals surface area contributed by atoms with Crippen molar-refractivity contribution >= 4 is 21.7 Å². The van der Waals surface area contributed by atoms with Crippen LogP contribution in [0.3, 0.4) is 0 Å². The van der Waals surface area contributed by atoms with Crippen molar-refractivity contribution in [3.8, 4) is 0 Å². The number of hydrogen-bond acceptors (Lipinski definition) is 3. The van der Waals surface area contributed by atoms with Crippen molar-refractivity contribution in [3.63, 3.8) is 0 Å². The Kier molecular flexibility index (Phi) is 3.82. The van der Waals surface area contributed by atoms with Crippen LogP contribution in [-0.4, -0.2) is 24.6 Å². The Balaban J connectivity index is 1.88. The minimum absolute atomic E-state index is 0.354. The zero-order chi connectivity index (χ0) is 11.4. The summed E-state index contributed by atoms with van der Waals surface area (Å²) in [4.78, 5) is 4.32. The molecule has 0 aromatic carbocycles. The predicted molar refractivity (Wildman–Crippen MR) is 70.6 cm³/mol. The van der Waals surface area contributed by atoms with E-state index in [1.54, 1.807) is 0 Å². The van der Waals surface area contributed by atoms with Crippen molar-refractivity contribution in [3.05, 3.63) is 22.8 Å². The number of nitrogens with zero attached hydrogens (tertiary/aromatic N) is 1. The molecule has 0 aliphatic carbocycles. The molecule has 1 aliphatic heterocycles. The minimum atomic E-state index is 0.354. The molecule has 1 atom stereocenters. The molecule has 0 radical (unpaired) electrons. The smallest absolute Gasteiger partial charge is 0.125 e. The lowest BCUT2D eigenvalue weighted by molar-refractivity contribution is 0.253. The largest absolute Gasteiger partial charge is 0.369 e. The molecule has 2 N–H and O–H groups in total. The van der Waals surface area contributed by atoms with Crippen LogP contribution in [-0.2, 0) is 0 Å². The minimum Gasteiger partial charge on any atom is -0.369 e. The molecule has 0 amide bonds. The fraction of sp³-hybridized carbons (Fsp3) is 0.583. The molecule has 1 saturated heterocycles. The molecule has 2 rings (SSSR count). The molecule has 1 fully saturated rings. The summed E-state index contributed by atoms with van der Waals surface area (Å²) >= 11 is 3.38. The van der Waals surface area contributed by atoms with Crippen molar-refractivity contribution in [1.29, 1.82) is 0 Å². The first-order valence-corrected chi connectivity index (χ1v) is 6.53. The van der Waals surface area contributed by atoms with Gasteiger partial charge in [0, 0.05) is 23.8 Å². The third-order valence-corrected chi connectivity index (χ3v) is 3.58. The SMILES string of the molecule is CC1(CNc2ccc(Br)cn2)CCCNC1. The molecule has 0 spiro atoms. The zero-order valence-corrected chi connectivity index (χ0v) is 11.2. The van der Waals surface area contributed by atoms with E-state index in [2.05, 4.69) is 38.5 Å². The summed E-state index contributed by atoms with van der Waals surface area (Å²) in [5.74, 6) is 0.954. The lowest BCUT2D eigenvalue weighted by atomic mass is 9.83. The van der Waals surface area contributed by atoms with E-state index in [4.69, 9.17) is 0 Å². The maximum Gasteiger partial charge on any atom is 0.125 e. The highest BCUT2D eigenvalue weighted by Crippen LogP contribution is 2.25. The molecule has 2 heterocycles. The quantitative estimate of drug-likeness (QED) is 0.896. The fourth-order valence-electron chi connectivity index (χ4n) is 2.05. The van der Waals surface area contributed by atoms with Gasteiger partial charge in [0.1, 0.15) is 5.82 Å². The second-order valence-electron chi connectivity index (χ2n) is 4.81. The maximum absolute atomic E-state index is 4.32. The molecule has 1 aliphatic rings. The Hall–Kier alpha value is -0.610. The third-order valence-electron chi connectivity index (χ3n) is 3.11. The summed E-state index contributed by atoms with van der Waals surface area (Å²) in [6.45, 7) is 5.56. The van der Waals surface area contributed by atoms with Gasteiger partial charge in [-0.25, -0.2) is 4.98 Å². The van der Waals surface area contributed by atoms with Crippen molar-refractivity contribution in [2.45, 2.75) is 19.8 Å². The molecule has 16 heavy (non-hydrogen) atoms. The number of anilines is 1. The fourth-order valence-corrected chi connectivity index (χ4v) is 2.29. The van der Waals surface area contributed by atoms with Gasteiger partial charge in [0.15, 0.2) is 0 Å². The van der Waals surface area contributed by atoms with Gasteiger partial charge in [0.25, 0.3) is 0 Å². The van der Waals surface area contributed by atoms with Crippen LogP contribution in [0.2, 0.25) is 0 Å². The topological polar surface area (TPSA) is 37.0 Å². The number of nitrogens with one attached hydrogen (secondary N) is 2. The second kappa shape index (κ2) is 5.15. The van der Waals surface area contributed by atoms with Gasteiger partial charge >= 0.3 is 0 Å². The Morgan fingerprint density at radius 2 is 2.44 bits per heavy atom. The first-order chi connectivity index (χ1) is 7.68. The van der Waals surface area contributed by atoms with Crippen LogP contribution >= 0.6 is 15.9 Å². The highest BCUT2D eigenvalue weighted by molar-refractivity contribution is 9.10. The Morgan fingerprint density at radius 1 is 1.56 bits per heavy atom. The van der Waals surface area contributed by atoms with E-state index < -0.39 is 0 Å². The molecular weight excluding hydrogens is 266 g/mol. The number of rotatable bonds is 3. The highest BCUT2D eigenvalue weighted by atomic mass is 79.9. The summed E-state index contributed by atoms with van der Waals surface area (Å²) < 4.78 is 1.02. The van der Waals surface area contributed by atoms with Gasteiger partial charge < -0.3 is 10.6 Å². The zero-order valence-electron chi connectivity index (χ0n) is 9.59. The second-order valence-corrected chi connectivity index (χ2v) is 5.72. The summed E-state index contributed by atoms with van der Waals surface area (Å²) in [5.41, 5.74) is 0.354. The summed E-state index contributed by atoms with van der Waals surface area (Å²) in [7, 11) is 0. The first-order valence-electron chi connectivity index (χ1n) is 5.74. The van der Waals surface area contributed by atoms with Gasteiger partial charge in [-0.3, -0.25) is 0 Å². The van der Waals surface area contributed by atoms with Crippen molar-refractivity contribution in [1.82, 2.24) is 10.3 Å². The first kappa shape index (κ1) is 11.9. The number of aromatic nitrogens is 1. The molecule has 0 bridgehead atoms. The number of pyridine rings is 1. The lowest BCUT2D eigenvalue weighted by Crippen LogP contribution is -2.42. The van der Waals surface area contributed by atoms with Crippen LogP contribution in [0.15, 0.2) is 22.8 Å². The van der Waals surface area contributed by atoms with Crippen LogP contribution in [0.5, 0.6) is 0 Å². The molecule has 1 aromatic rings. The summed E-state index contributed by atoms with van der Waals surface area (Å²) in [6, 6.07) is 4.01. The lowest BCUT2D eigenvalue weighted by Gasteiger charge is -2.34. The monoisotopic (exact) mass is 283 g/mol. The van der Waals surface area contributed by atoms with Crippen LogP contribution in [0, 0.1) is 5.41 Å². The van der Waals surface area contributed by atoms with E-state index in [1.165, 1.54) is 12.8 Å². The molecule has 1 unspecified atom stereocenters. The Bertz CT molecular complexity index is 331. The van der Waals surface area contributed by atoms with Crippen LogP contribution < -0.4 is 10.6 Å². The van der Waals surface area contributed by atoms with Crippen LogP contribution in [0.25, 0.3) is 0 Å². The molecule has 3 nitrogen and oxygen atoms in total. The maximum atomic E-state index is 4.32. The van der Waals surface area contributed by atoms with Gasteiger partial charge in [-0.05, 0) is 52.9 Å². The predicted octanol–water partition coefficient (Wildman–Crippen LogP) is 2.65. The molecule has 4 heteroatoms. The van der Waals surface area contributed by atoms with Gasteiger partial charge in [0.05, 0.1) is 0 Å². The Morgan fingerprint density at radius 3 is 3.06 bits per heavy atom. The standard InChI is InChI=1S/C12H18BrN3/c1-12(5-2-6-14-8-12)9-16-11-4-3-10(13)7-15-11/h3-4,7,14H,2,5-6,8-9H2,1H3,(H,15,16). The van der Waals surface area contributed by atoms with Crippen molar-refractivity contribution < 1.29 is 0 Å². The van der Waals surface area contributed by atoms with E-state index in [0.717, 1.165) is 29.9 Å². The van der Waals surface area contributed by atoms with E-state index in [-0.39, 0.29) is 0 Å². The van der Waals surface area contributed by atoms with E-state index in [1.807, 2.05) is 18.3 Å². The van der Waals surface area contributed by atoms with Crippen LogP contribution in [0.4, 0.5) is 5.82 Å². The Labute approximate surface area is 105 Å².